The van der Waals surface area contributed by atoms with E-state index in [1.54, 1.807) is 0 Å². The molecule has 0 heterocycles. The number of ether oxygens (including phenoxy) is 1. The molecule has 6 heteroatoms. The number of hydrogen-bond donors (Lipinski definition) is 3. The normalized spacial score (nSPS) is 26.2. The fraction of sp³-hybridized carbons (Fsp3) is 0.818. The van der Waals surface area contributed by atoms with Crippen molar-refractivity contribution < 1.29 is 19.4 Å². The number of carbonyl (C=O) groups excluding carboxylic acids is 1. The van der Waals surface area contributed by atoms with Crippen LogP contribution in [0.4, 0.5) is 0 Å². The van der Waals surface area contributed by atoms with Crippen molar-refractivity contribution in [1.82, 2.24) is 5.32 Å². The molecule has 1 rings (SSSR count). The lowest BCUT2D eigenvalue weighted by atomic mass is 9.86. The van der Waals surface area contributed by atoms with Gasteiger partial charge in [0.2, 0.25) is 5.91 Å². The Labute approximate surface area is 101 Å². The summed E-state index contributed by atoms with van der Waals surface area (Å²) in [5.41, 5.74) is 5.75. The summed E-state index contributed by atoms with van der Waals surface area (Å²) in [6, 6.07) is -0.795. The van der Waals surface area contributed by atoms with Crippen LogP contribution in [0, 0.1) is 5.92 Å². The molecule has 0 aliphatic heterocycles. The first-order valence-corrected chi connectivity index (χ1v) is 5.82. The van der Waals surface area contributed by atoms with E-state index < -0.39 is 12.0 Å². The number of nitrogens with two attached hydrogens (primary N) is 1. The van der Waals surface area contributed by atoms with Crippen LogP contribution in [0.25, 0.3) is 0 Å². The summed E-state index contributed by atoms with van der Waals surface area (Å²) in [5, 5.41) is 11.4. The van der Waals surface area contributed by atoms with Gasteiger partial charge in [0.25, 0.3) is 0 Å². The molecule has 0 saturated heterocycles. The first-order chi connectivity index (χ1) is 8.04. The van der Waals surface area contributed by atoms with Gasteiger partial charge in [-0.2, -0.15) is 0 Å². The Bertz CT molecular complexity index is 275. The van der Waals surface area contributed by atoms with Crippen molar-refractivity contribution in [3.05, 3.63) is 0 Å². The standard InChI is InChI=1S/C11H20N2O4/c1-17-6-9(11(15)16)13-10(14)7-2-4-8(12)5-3-7/h7-9H,2-6,12H2,1H3,(H,13,14)(H,15,16). The Morgan fingerprint density at radius 1 is 1.41 bits per heavy atom. The Hall–Kier alpha value is -1.14. The van der Waals surface area contributed by atoms with Gasteiger partial charge in [0.1, 0.15) is 0 Å². The van der Waals surface area contributed by atoms with Crippen molar-refractivity contribution in [3.63, 3.8) is 0 Å². The molecule has 0 aromatic carbocycles. The molecule has 0 bridgehead atoms. The monoisotopic (exact) mass is 244 g/mol. The Morgan fingerprint density at radius 2 is 2.00 bits per heavy atom. The van der Waals surface area contributed by atoms with Crippen LogP contribution >= 0.6 is 0 Å². The molecule has 1 amide bonds. The summed E-state index contributed by atoms with van der Waals surface area (Å²) in [7, 11) is 1.40. The zero-order valence-electron chi connectivity index (χ0n) is 10.0. The average molecular weight is 244 g/mol. The fourth-order valence-corrected chi connectivity index (χ4v) is 2.01. The molecule has 17 heavy (non-hydrogen) atoms. The fourth-order valence-electron chi connectivity index (χ4n) is 2.01. The van der Waals surface area contributed by atoms with E-state index >= 15 is 0 Å². The van der Waals surface area contributed by atoms with Crippen LogP contribution in [0.15, 0.2) is 0 Å². The van der Waals surface area contributed by atoms with Gasteiger partial charge in [-0.3, -0.25) is 4.79 Å². The maximum atomic E-state index is 11.8. The molecular weight excluding hydrogens is 224 g/mol. The maximum Gasteiger partial charge on any atom is 0.328 e. The van der Waals surface area contributed by atoms with Gasteiger partial charge in [-0.25, -0.2) is 4.79 Å². The topological polar surface area (TPSA) is 102 Å². The number of carbonyl (C=O) groups is 2. The van der Waals surface area contributed by atoms with Gasteiger partial charge in [0, 0.05) is 19.1 Å². The van der Waals surface area contributed by atoms with Gasteiger partial charge >= 0.3 is 5.97 Å². The quantitative estimate of drug-likeness (QED) is 0.617. The number of nitrogens with one attached hydrogen (secondary N) is 1. The van der Waals surface area contributed by atoms with Crippen molar-refractivity contribution in [3.8, 4) is 0 Å². The molecule has 1 aliphatic carbocycles. The summed E-state index contributed by atoms with van der Waals surface area (Å²) >= 11 is 0. The van der Waals surface area contributed by atoms with Crippen molar-refractivity contribution in [2.75, 3.05) is 13.7 Å². The predicted octanol–water partition coefficient (Wildman–Crippen LogP) is -0.280. The lowest BCUT2D eigenvalue weighted by Crippen LogP contribution is -2.47. The van der Waals surface area contributed by atoms with Crippen molar-refractivity contribution in [1.29, 1.82) is 0 Å². The molecule has 1 unspecified atom stereocenters. The molecule has 0 radical (unpaired) electrons. The highest BCUT2D eigenvalue weighted by Crippen LogP contribution is 2.23. The van der Waals surface area contributed by atoms with Crippen LogP contribution in [0.1, 0.15) is 25.7 Å². The summed E-state index contributed by atoms with van der Waals surface area (Å²) in [6.07, 6.45) is 3.10. The highest BCUT2D eigenvalue weighted by molar-refractivity contribution is 5.85. The third kappa shape index (κ3) is 4.32. The lowest BCUT2D eigenvalue weighted by molar-refractivity contribution is -0.144. The first-order valence-electron chi connectivity index (χ1n) is 5.82. The molecule has 98 valence electrons. The molecule has 4 N–H and O–H groups in total. The minimum Gasteiger partial charge on any atom is -0.480 e. The molecule has 0 spiro atoms. The van der Waals surface area contributed by atoms with Crippen LogP contribution in [-0.4, -0.2) is 42.8 Å². The van der Waals surface area contributed by atoms with Gasteiger partial charge in [-0.05, 0) is 25.7 Å². The first kappa shape index (κ1) is 13.9. The molecule has 6 nitrogen and oxygen atoms in total. The second kappa shape index (κ2) is 6.56. The van der Waals surface area contributed by atoms with Crippen molar-refractivity contribution >= 4 is 11.9 Å². The zero-order valence-corrected chi connectivity index (χ0v) is 10.0. The number of hydrogen-bond acceptors (Lipinski definition) is 4. The van der Waals surface area contributed by atoms with E-state index in [-0.39, 0.29) is 24.5 Å². The summed E-state index contributed by atoms with van der Waals surface area (Å²) < 4.78 is 4.76. The van der Waals surface area contributed by atoms with Crippen LogP contribution in [0.2, 0.25) is 0 Å². The van der Waals surface area contributed by atoms with Crippen LogP contribution < -0.4 is 11.1 Å². The van der Waals surface area contributed by atoms with Crippen LogP contribution in [-0.2, 0) is 14.3 Å². The molecule has 1 saturated carbocycles. The van der Waals surface area contributed by atoms with Gasteiger partial charge in [-0.15, -0.1) is 0 Å². The minimum absolute atomic E-state index is 0.0205. The van der Waals surface area contributed by atoms with Gasteiger partial charge < -0.3 is 20.9 Å². The Balaban J connectivity index is 2.44. The van der Waals surface area contributed by atoms with E-state index in [0.717, 1.165) is 25.7 Å². The third-order valence-corrected chi connectivity index (χ3v) is 3.09. The van der Waals surface area contributed by atoms with Crippen molar-refractivity contribution in [2.24, 2.45) is 11.7 Å². The summed E-state index contributed by atoms with van der Waals surface area (Å²) in [5.74, 6) is -1.40. The lowest BCUT2D eigenvalue weighted by Gasteiger charge is -2.26. The van der Waals surface area contributed by atoms with E-state index in [9.17, 15) is 9.59 Å². The largest absolute Gasteiger partial charge is 0.480 e. The highest BCUT2D eigenvalue weighted by atomic mass is 16.5. The molecule has 1 aliphatic rings. The highest BCUT2D eigenvalue weighted by Gasteiger charge is 2.28. The Kier molecular flexibility index (Phi) is 5.37. The maximum absolute atomic E-state index is 11.8. The predicted molar refractivity (Wildman–Crippen MR) is 61.4 cm³/mol. The van der Waals surface area contributed by atoms with E-state index in [4.69, 9.17) is 15.6 Å². The Morgan fingerprint density at radius 3 is 2.47 bits per heavy atom. The number of aliphatic carboxylic acids is 1. The van der Waals surface area contributed by atoms with E-state index in [2.05, 4.69) is 5.32 Å². The van der Waals surface area contributed by atoms with Crippen LogP contribution in [0.3, 0.4) is 0 Å². The third-order valence-electron chi connectivity index (χ3n) is 3.09. The van der Waals surface area contributed by atoms with E-state index in [0.29, 0.717) is 0 Å². The van der Waals surface area contributed by atoms with Crippen molar-refractivity contribution in [2.45, 2.75) is 37.8 Å². The second-order valence-electron chi connectivity index (χ2n) is 4.47. The summed E-state index contributed by atoms with van der Waals surface area (Å²) in [6.45, 7) is -0.0205. The smallest absolute Gasteiger partial charge is 0.328 e. The number of carboxylic acid groups (broad SMARTS) is 1. The molecular formula is C11H20N2O4. The minimum atomic E-state index is -1.08. The second-order valence-corrected chi connectivity index (χ2v) is 4.47. The molecule has 0 aromatic rings. The number of amides is 1. The summed E-state index contributed by atoms with van der Waals surface area (Å²) in [4.78, 5) is 22.7. The SMILES string of the molecule is COCC(NC(=O)C1CCC(N)CC1)C(=O)O. The van der Waals surface area contributed by atoms with Gasteiger partial charge in [-0.1, -0.05) is 0 Å². The van der Waals surface area contributed by atoms with E-state index in [1.165, 1.54) is 7.11 Å². The van der Waals surface area contributed by atoms with Gasteiger partial charge in [0.15, 0.2) is 6.04 Å². The van der Waals surface area contributed by atoms with Crippen LogP contribution in [0.5, 0.6) is 0 Å². The molecule has 1 fully saturated rings. The molecule has 1 atom stereocenters. The average Bonchev–Trinajstić information content (AvgIpc) is 2.29. The van der Waals surface area contributed by atoms with E-state index in [1.807, 2.05) is 0 Å². The van der Waals surface area contributed by atoms with Gasteiger partial charge in [0.05, 0.1) is 6.61 Å². The number of rotatable bonds is 5. The zero-order chi connectivity index (χ0) is 12.8. The number of methoxy groups -OCH3 is 1. The number of carboxylic acids is 1. The molecule has 0 aromatic heterocycles.